The van der Waals surface area contributed by atoms with E-state index in [2.05, 4.69) is 10.6 Å². The minimum atomic E-state index is -3.94. The maximum atomic E-state index is 13.2. The molecule has 0 saturated carbocycles. The fourth-order valence-electron chi connectivity index (χ4n) is 2.76. The highest BCUT2D eigenvalue weighted by atomic mass is 35.5. The van der Waals surface area contributed by atoms with Gasteiger partial charge in [0.2, 0.25) is 0 Å². The van der Waals surface area contributed by atoms with Crippen LogP contribution in [0.1, 0.15) is 15.7 Å². The van der Waals surface area contributed by atoms with Crippen molar-refractivity contribution in [3.8, 4) is 0 Å². The molecule has 10 heteroatoms. The summed E-state index contributed by atoms with van der Waals surface area (Å²) in [7, 11) is -3.94. The van der Waals surface area contributed by atoms with Crippen molar-refractivity contribution in [2.45, 2.75) is 16.7 Å². The van der Waals surface area contributed by atoms with Crippen molar-refractivity contribution in [3.63, 3.8) is 0 Å². The van der Waals surface area contributed by atoms with Gasteiger partial charge in [0.1, 0.15) is 11.1 Å². The molecule has 0 radical (unpaired) electrons. The average molecular weight is 481 g/mol. The smallest absolute Gasteiger partial charge is 0.309 e. The first kappa shape index (κ1) is 22.9. The summed E-state index contributed by atoms with van der Waals surface area (Å²) in [6.45, 7) is -0.195. The van der Waals surface area contributed by atoms with Crippen LogP contribution in [0.3, 0.4) is 0 Å². The molecule has 0 saturated heterocycles. The topological polar surface area (TPSA) is 92.3 Å². The summed E-state index contributed by atoms with van der Waals surface area (Å²) in [5.74, 6) is -2.40. The van der Waals surface area contributed by atoms with Crippen LogP contribution in [0.5, 0.6) is 0 Å². The van der Waals surface area contributed by atoms with Gasteiger partial charge in [0.15, 0.2) is 9.84 Å². The van der Waals surface area contributed by atoms with E-state index in [1.165, 1.54) is 23.5 Å². The van der Waals surface area contributed by atoms with E-state index in [-0.39, 0.29) is 18.0 Å². The number of hydrogen-bond acceptors (Lipinski definition) is 5. The Hall–Kier alpha value is -2.75. The molecule has 0 aliphatic carbocycles. The summed E-state index contributed by atoms with van der Waals surface area (Å²) >= 11 is 7.02. The zero-order valence-electron chi connectivity index (χ0n) is 16.0. The van der Waals surface area contributed by atoms with E-state index in [9.17, 15) is 22.4 Å². The molecule has 2 amide bonds. The summed E-state index contributed by atoms with van der Waals surface area (Å²) in [5.41, 5.74) is 0.751. The van der Waals surface area contributed by atoms with Gasteiger partial charge < -0.3 is 10.6 Å². The lowest BCUT2D eigenvalue weighted by Gasteiger charge is -2.17. The molecule has 3 aromatic rings. The van der Waals surface area contributed by atoms with E-state index in [4.69, 9.17) is 11.6 Å². The van der Waals surface area contributed by atoms with Gasteiger partial charge in [-0.15, -0.1) is 11.3 Å². The normalized spacial score (nSPS) is 12.2. The molecule has 31 heavy (non-hydrogen) atoms. The van der Waals surface area contributed by atoms with Gasteiger partial charge in [0, 0.05) is 23.0 Å². The molecule has 2 N–H and O–H groups in total. The standard InChI is InChI=1S/C21H18ClFN2O4S2/c22-15-5-3-14(4-6-15)12-24-20(26)21(27)25-13-19(18-2-1-11-30-18)31(28,29)17-9-7-16(23)8-10-17/h1-11,19H,12-13H2,(H,24,26)(H,25,27)/t19-/m0/s1. The van der Waals surface area contributed by atoms with Crippen LogP contribution in [0.2, 0.25) is 5.02 Å². The Bertz CT molecular complexity index is 1150. The van der Waals surface area contributed by atoms with Gasteiger partial charge in [-0.25, -0.2) is 12.8 Å². The van der Waals surface area contributed by atoms with Gasteiger partial charge in [-0.05, 0) is 53.4 Å². The van der Waals surface area contributed by atoms with E-state index in [1.807, 2.05) is 0 Å². The van der Waals surface area contributed by atoms with Crippen molar-refractivity contribution in [2.75, 3.05) is 6.54 Å². The number of amides is 2. The Kier molecular flexibility index (Phi) is 7.42. The fraction of sp³-hybridized carbons (Fsp3) is 0.143. The van der Waals surface area contributed by atoms with Crippen molar-refractivity contribution >= 4 is 44.6 Å². The molecule has 1 atom stereocenters. The van der Waals surface area contributed by atoms with E-state index < -0.39 is 32.7 Å². The van der Waals surface area contributed by atoms with Crippen LogP contribution in [-0.4, -0.2) is 26.8 Å². The predicted molar refractivity (Wildman–Crippen MR) is 117 cm³/mol. The number of nitrogens with one attached hydrogen (secondary N) is 2. The summed E-state index contributed by atoms with van der Waals surface area (Å²) in [4.78, 5) is 24.7. The zero-order valence-corrected chi connectivity index (χ0v) is 18.4. The number of thiophene rings is 1. The molecule has 0 bridgehead atoms. The maximum absolute atomic E-state index is 13.2. The van der Waals surface area contributed by atoms with Gasteiger partial charge in [0.05, 0.1) is 4.90 Å². The maximum Gasteiger partial charge on any atom is 0.309 e. The average Bonchev–Trinajstić information content (AvgIpc) is 3.27. The highest BCUT2D eigenvalue weighted by molar-refractivity contribution is 7.91. The lowest BCUT2D eigenvalue weighted by atomic mass is 10.2. The first-order valence-corrected chi connectivity index (χ1v) is 11.9. The molecule has 0 aliphatic heterocycles. The SMILES string of the molecule is O=C(NCc1ccc(Cl)cc1)C(=O)NC[C@@H](c1cccs1)S(=O)(=O)c1ccc(F)cc1. The van der Waals surface area contributed by atoms with Gasteiger partial charge >= 0.3 is 11.8 Å². The molecular weight excluding hydrogens is 463 g/mol. The van der Waals surface area contributed by atoms with Crippen LogP contribution in [0.25, 0.3) is 0 Å². The quantitative estimate of drug-likeness (QED) is 0.400. The Morgan fingerprint density at radius 2 is 1.61 bits per heavy atom. The minimum Gasteiger partial charge on any atom is -0.346 e. The second-order valence-electron chi connectivity index (χ2n) is 6.52. The molecule has 2 aromatic carbocycles. The van der Waals surface area contributed by atoms with Gasteiger partial charge in [-0.2, -0.15) is 0 Å². The van der Waals surface area contributed by atoms with Crippen molar-refractivity contribution in [2.24, 2.45) is 0 Å². The van der Waals surface area contributed by atoms with Crippen LogP contribution >= 0.6 is 22.9 Å². The third-order valence-electron chi connectivity index (χ3n) is 4.40. The van der Waals surface area contributed by atoms with Crippen molar-refractivity contribution in [3.05, 3.63) is 87.3 Å². The van der Waals surface area contributed by atoms with Gasteiger partial charge in [-0.1, -0.05) is 29.8 Å². The molecule has 3 rings (SSSR count). The summed E-state index contributed by atoms with van der Waals surface area (Å²) in [6, 6.07) is 14.5. The molecule has 6 nitrogen and oxygen atoms in total. The van der Waals surface area contributed by atoms with E-state index in [0.717, 1.165) is 17.7 Å². The third kappa shape index (κ3) is 5.90. The first-order chi connectivity index (χ1) is 14.8. The lowest BCUT2D eigenvalue weighted by Crippen LogP contribution is -2.42. The largest absolute Gasteiger partial charge is 0.346 e. The molecule has 0 aliphatic rings. The molecule has 0 fully saturated rings. The van der Waals surface area contributed by atoms with Gasteiger partial charge in [-0.3, -0.25) is 9.59 Å². The van der Waals surface area contributed by atoms with Crippen LogP contribution in [0, 0.1) is 5.82 Å². The molecule has 1 aromatic heterocycles. The summed E-state index contributed by atoms with van der Waals surface area (Å²) < 4.78 is 39.4. The number of rotatable bonds is 7. The third-order valence-corrected chi connectivity index (χ3v) is 7.88. The number of sulfone groups is 1. The Balaban J connectivity index is 1.68. The van der Waals surface area contributed by atoms with Crippen LogP contribution in [0.15, 0.2) is 70.9 Å². The van der Waals surface area contributed by atoms with Crippen molar-refractivity contribution in [1.82, 2.24) is 10.6 Å². The molecular formula is C21H18ClFN2O4S2. The van der Waals surface area contributed by atoms with E-state index in [1.54, 1.807) is 41.8 Å². The van der Waals surface area contributed by atoms with Crippen LogP contribution < -0.4 is 10.6 Å². The lowest BCUT2D eigenvalue weighted by molar-refractivity contribution is -0.139. The van der Waals surface area contributed by atoms with Gasteiger partial charge in [0.25, 0.3) is 0 Å². The van der Waals surface area contributed by atoms with E-state index in [0.29, 0.717) is 9.90 Å². The number of carbonyl (C=O) groups is 2. The summed E-state index contributed by atoms with van der Waals surface area (Å²) in [6.07, 6.45) is 0. The Morgan fingerprint density at radius 3 is 2.23 bits per heavy atom. The Morgan fingerprint density at radius 1 is 0.968 bits per heavy atom. The van der Waals surface area contributed by atoms with Crippen molar-refractivity contribution < 1.29 is 22.4 Å². The highest BCUT2D eigenvalue weighted by Gasteiger charge is 2.31. The monoisotopic (exact) mass is 480 g/mol. The zero-order chi connectivity index (χ0) is 22.4. The molecule has 1 heterocycles. The Labute approximate surface area is 188 Å². The van der Waals surface area contributed by atoms with Crippen molar-refractivity contribution in [1.29, 1.82) is 0 Å². The second-order valence-corrected chi connectivity index (χ2v) is 10.1. The highest BCUT2D eigenvalue weighted by Crippen LogP contribution is 2.31. The number of benzene rings is 2. The second kappa shape index (κ2) is 10.0. The minimum absolute atomic E-state index is 0.0752. The molecule has 162 valence electrons. The molecule has 0 spiro atoms. The fourth-order valence-corrected chi connectivity index (χ4v) is 5.67. The summed E-state index contributed by atoms with van der Waals surface area (Å²) in [5, 5.41) is 6.00. The number of hydrogen-bond donors (Lipinski definition) is 2. The van der Waals surface area contributed by atoms with Crippen LogP contribution in [0.4, 0.5) is 4.39 Å². The van der Waals surface area contributed by atoms with E-state index >= 15 is 0 Å². The molecule has 0 unspecified atom stereocenters. The first-order valence-electron chi connectivity index (χ1n) is 9.10. The number of halogens is 2. The van der Waals surface area contributed by atoms with Crippen LogP contribution in [-0.2, 0) is 26.0 Å². The number of carbonyl (C=O) groups excluding carboxylic acids is 2. The predicted octanol–water partition coefficient (Wildman–Crippen LogP) is 3.49.